The van der Waals surface area contributed by atoms with Gasteiger partial charge in [-0.05, 0) is 30.6 Å². The fraction of sp³-hybridized carbons (Fsp3) is 0.933. The molecule has 1 aliphatic carbocycles. The fourth-order valence-corrected chi connectivity index (χ4v) is 4.32. The molecule has 0 spiro atoms. The average Bonchev–Trinajstić information content (AvgIpc) is 2.93. The van der Waals surface area contributed by atoms with Crippen LogP contribution in [0, 0.1) is 11.3 Å². The van der Waals surface area contributed by atoms with Crippen LogP contribution in [-0.4, -0.2) is 24.0 Å². The van der Waals surface area contributed by atoms with Gasteiger partial charge in [-0.2, -0.15) is 0 Å². The van der Waals surface area contributed by atoms with Crippen LogP contribution in [0.4, 0.5) is 0 Å². The lowest BCUT2D eigenvalue weighted by Gasteiger charge is -2.33. The second-order valence-corrected chi connectivity index (χ2v) is 6.95. The first-order chi connectivity index (χ1) is 8.78. The molecule has 1 aliphatic heterocycles. The molecule has 104 valence electrons. The van der Waals surface area contributed by atoms with Crippen LogP contribution in [0.2, 0.25) is 0 Å². The molecule has 0 unspecified atom stereocenters. The van der Waals surface area contributed by atoms with Crippen LogP contribution in [0.1, 0.15) is 58.8 Å². The van der Waals surface area contributed by atoms with E-state index in [1.165, 1.54) is 55.9 Å². The van der Waals surface area contributed by atoms with Gasteiger partial charge in [0.2, 0.25) is 0 Å². The molecule has 0 aromatic carbocycles. The Hall–Kier alpha value is -0.180. The van der Waals surface area contributed by atoms with Crippen molar-refractivity contribution in [1.82, 2.24) is 5.32 Å². The van der Waals surface area contributed by atoms with E-state index < -0.39 is 0 Å². The van der Waals surface area contributed by atoms with Crippen LogP contribution in [0.15, 0.2) is 4.99 Å². The predicted octanol–water partition coefficient (Wildman–Crippen LogP) is 4.07. The summed E-state index contributed by atoms with van der Waals surface area (Å²) >= 11 is 1.94. The molecule has 0 aromatic heterocycles. The smallest absolute Gasteiger partial charge is 0.156 e. The van der Waals surface area contributed by atoms with E-state index in [1.54, 1.807) is 0 Å². The summed E-state index contributed by atoms with van der Waals surface area (Å²) in [5.74, 6) is 2.23. The number of rotatable bonds is 5. The van der Waals surface area contributed by atoms with Crippen molar-refractivity contribution in [2.24, 2.45) is 16.3 Å². The molecule has 3 heteroatoms. The number of hydrogen-bond acceptors (Lipinski definition) is 3. The van der Waals surface area contributed by atoms with Gasteiger partial charge >= 0.3 is 0 Å². The lowest BCUT2D eigenvalue weighted by molar-refractivity contribution is 0.318. The minimum Gasteiger partial charge on any atom is -0.365 e. The number of amidine groups is 1. The molecule has 0 bridgehead atoms. The minimum atomic E-state index is 0.474. The lowest BCUT2D eigenvalue weighted by atomic mass is 9.84. The highest BCUT2D eigenvalue weighted by molar-refractivity contribution is 8.13. The molecule has 2 aliphatic rings. The van der Waals surface area contributed by atoms with Gasteiger partial charge in [0.25, 0.3) is 0 Å². The van der Waals surface area contributed by atoms with Crippen LogP contribution in [0.3, 0.4) is 0 Å². The fourth-order valence-electron chi connectivity index (χ4n) is 3.02. The summed E-state index contributed by atoms with van der Waals surface area (Å²) in [5.41, 5.74) is 0.474. The Bertz CT molecular complexity index is 278. The summed E-state index contributed by atoms with van der Waals surface area (Å²) in [7, 11) is 0. The van der Waals surface area contributed by atoms with Gasteiger partial charge in [-0.3, -0.25) is 4.99 Å². The molecule has 0 radical (unpaired) electrons. The van der Waals surface area contributed by atoms with E-state index in [4.69, 9.17) is 4.99 Å². The highest BCUT2D eigenvalue weighted by atomic mass is 32.2. The summed E-state index contributed by atoms with van der Waals surface area (Å²) < 4.78 is 0. The molecule has 18 heavy (non-hydrogen) atoms. The first-order valence-corrected chi connectivity index (χ1v) is 8.67. The van der Waals surface area contributed by atoms with Crippen molar-refractivity contribution in [2.45, 2.75) is 58.8 Å². The minimum absolute atomic E-state index is 0.474. The van der Waals surface area contributed by atoms with Gasteiger partial charge in [-0.1, -0.05) is 51.3 Å². The number of nitrogens with zero attached hydrogens (tertiary/aromatic N) is 1. The number of nitrogens with one attached hydrogen (secondary N) is 1. The molecule has 0 aromatic rings. The SMILES string of the molecule is CCC1(CC)CN=C(NCCC2CCCC2)SC1. The molecule has 1 fully saturated rings. The Labute approximate surface area is 116 Å². The summed E-state index contributed by atoms with van der Waals surface area (Å²) in [6.07, 6.45) is 9.68. The van der Waals surface area contributed by atoms with Crippen molar-refractivity contribution in [3.05, 3.63) is 0 Å². The molecule has 1 heterocycles. The van der Waals surface area contributed by atoms with Crippen molar-refractivity contribution < 1.29 is 0 Å². The zero-order valence-corrected chi connectivity index (χ0v) is 12.8. The van der Waals surface area contributed by atoms with Gasteiger partial charge in [0, 0.05) is 18.8 Å². The first kappa shape index (κ1) is 14.2. The van der Waals surface area contributed by atoms with Crippen molar-refractivity contribution in [3.8, 4) is 0 Å². The molecule has 0 atom stereocenters. The summed E-state index contributed by atoms with van der Waals surface area (Å²) in [5, 5.41) is 4.75. The first-order valence-electron chi connectivity index (χ1n) is 7.69. The Morgan fingerprint density at radius 1 is 1.28 bits per heavy atom. The van der Waals surface area contributed by atoms with Crippen molar-refractivity contribution >= 4 is 16.9 Å². The van der Waals surface area contributed by atoms with E-state index in [0.29, 0.717) is 5.41 Å². The molecule has 0 saturated heterocycles. The maximum Gasteiger partial charge on any atom is 0.156 e. The van der Waals surface area contributed by atoms with Gasteiger partial charge in [0.1, 0.15) is 0 Å². The normalized spacial score (nSPS) is 24.0. The van der Waals surface area contributed by atoms with Crippen molar-refractivity contribution in [3.63, 3.8) is 0 Å². The van der Waals surface area contributed by atoms with Gasteiger partial charge < -0.3 is 5.32 Å². The second-order valence-electron chi connectivity index (χ2n) is 5.98. The Kier molecular flexibility index (Phi) is 5.40. The van der Waals surface area contributed by atoms with Crippen LogP contribution in [0.5, 0.6) is 0 Å². The van der Waals surface area contributed by atoms with E-state index in [1.807, 2.05) is 11.8 Å². The zero-order valence-electron chi connectivity index (χ0n) is 12.0. The van der Waals surface area contributed by atoms with Crippen LogP contribution >= 0.6 is 11.8 Å². The van der Waals surface area contributed by atoms with Gasteiger partial charge in [0.05, 0.1) is 0 Å². The van der Waals surface area contributed by atoms with E-state index in [0.717, 1.165) is 19.0 Å². The summed E-state index contributed by atoms with van der Waals surface area (Å²) in [6.45, 7) is 6.76. The predicted molar refractivity (Wildman–Crippen MR) is 82.4 cm³/mol. The molecule has 1 N–H and O–H groups in total. The van der Waals surface area contributed by atoms with Crippen LogP contribution in [-0.2, 0) is 0 Å². The van der Waals surface area contributed by atoms with Gasteiger partial charge in [0.15, 0.2) is 5.17 Å². The van der Waals surface area contributed by atoms with Crippen LogP contribution in [0.25, 0.3) is 0 Å². The molecule has 2 nitrogen and oxygen atoms in total. The van der Waals surface area contributed by atoms with Crippen LogP contribution < -0.4 is 5.32 Å². The molecular formula is C15H28N2S. The Morgan fingerprint density at radius 2 is 2.00 bits per heavy atom. The highest BCUT2D eigenvalue weighted by Crippen LogP contribution is 2.34. The molecular weight excluding hydrogens is 240 g/mol. The topological polar surface area (TPSA) is 24.4 Å². The van der Waals surface area contributed by atoms with Crippen molar-refractivity contribution in [1.29, 1.82) is 0 Å². The Morgan fingerprint density at radius 3 is 2.56 bits per heavy atom. The van der Waals surface area contributed by atoms with Gasteiger partial charge in [-0.25, -0.2) is 0 Å². The summed E-state index contributed by atoms with van der Waals surface area (Å²) in [6, 6.07) is 0. The molecule has 2 rings (SSSR count). The largest absolute Gasteiger partial charge is 0.365 e. The van der Waals surface area contributed by atoms with Gasteiger partial charge in [-0.15, -0.1) is 0 Å². The number of aliphatic imine (C=N–C) groups is 1. The monoisotopic (exact) mass is 268 g/mol. The average molecular weight is 268 g/mol. The van der Waals surface area contributed by atoms with E-state index >= 15 is 0 Å². The number of hydrogen-bond donors (Lipinski definition) is 1. The quantitative estimate of drug-likeness (QED) is 0.813. The third-order valence-electron chi connectivity index (χ3n) is 4.88. The number of thioether (sulfide) groups is 1. The van der Waals surface area contributed by atoms with E-state index in [9.17, 15) is 0 Å². The Balaban J connectivity index is 1.69. The summed E-state index contributed by atoms with van der Waals surface area (Å²) in [4.78, 5) is 4.76. The van der Waals surface area contributed by atoms with E-state index in [2.05, 4.69) is 19.2 Å². The lowest BCUT2D eigenvalue weighted by Crippen LogP contribution is -2.35. The molecule has 0 amide bonds. The van der Waals surface area contributed by atoms with Crippen molar-refractivity contribution in [2.75, 3.05) is 18.8 Å². The second kappa shape index (κ2) is 6.83. The maximum absolute atomic E-state index is 4.76. The zero-order chi connectivity index (χ0) is 12.8. The highest BCUT2D eigenvalue weighted by Gasteiger charge is 2.30. The molecule has 1 saturated carbocycles. The standard InChI is InChI=1S/C15H28N2S/c1-3-15(4-2)11-17-14(18-12-15)16-10-9-13-7-5-6-8-13/h13H,3-12H2,1-2H3,(H,16,17). The van der Waals surface area contributed by atoms with E-state index in [-0.39, 0.29) is 0 Å². The maximum atomic E-state index is 4.76. The third-order valence-corrected chi connectivity index (χ3v) is 6.18. The third kappa shape index (κ3) is 3.66.